The molecule has 0 aliphatic rings. The Bertz CT molecular complexity index is 192. The van der Waals surface area contributed by atoms with Crippen molar-refractivity contribution in [1.29, 1.82) is 0 Å². The van der Waals surface area contributed by atoms with Gasteiger partial charge in [-0.15, -0.1) is 0 Å². The molecule has 0 aromatic rings. The Labute approximate surface area is 103 Å². The molecule has 0 bridgehead atoms. The minimum absolute atomic E-state index is 0.398. The topological polar surface area (TPSA) is 26.3 Å². The van der Waals surface area contributed by atoms with Crippen molar-refractivity contribution in [3.8, 4) is 0 Å². The van der Waals surface area contributed by atoms with Crippen LogP contribution in [0.4, 0.5) is 0 Å². The zero-order valence-electron chi connectivity index (χ0n) is 8.86. The van der Waals surface area contributed by atoms with Gasteiger partial charge >= 0.3 is 5.77 Å². The van der Waals surface area contributed by atoms with Gasteiger partial charge in [0.2, 0.25) is 0 Å². The Balaban J connectivity index is 4.16. The maximum Gasteiger partial charge on any atom is 0.313 e. The summed E-state index contributed by atoms with van der Waals surface area (Å²) in [6.45, 7) is 6.60. The van der Waals surface area contributed by atoms with Crippen molar-refractivity contribution in [2.24, 2.45) is 0 Å². The van der Waals surface area contributed by atoms with Gasteiger partial charge < -0.3 is 4.52 Å². The van der Waals surface area contributed by atoms with Gasteiger partial charge in [0.15, 0.2) is 0 Å². The molecule has 0 rings (SSSR count). The number of hydrogen-bond acceptors (Lipinski definition) is 4. The van der Waals surface area contributed by atoms with E-state index in [0.29, 0.717) is 11.9 Å². The molecule has 0 aliphatic carbocycles. The SMILES string of the molecule is CCOP(=O)(SCCBr)SC(C)CC. The molecule has 2 atom stereocenters. The molecule has 0 saturated carbocycles. The van der Waals surface area contributed by atoms with Gasteiger partial charge in [0.05, 0.1) is 6.61 Å². The first kappa shape index (κ1) is 15.4. The maximum atomic E-state index is 12.2. The van der Waals surface area contributed by atoms with Crippen molar-refractivity contribution in [2.45, 2.75) is 32.4 Å². The molecule has 0 aromatic heterocycles. The fraction of sp³-hybridized carbons (Fsp3) is 1.00. The summed E-state index contributed by atoms with van der Waals surface area (Å²) in [6.07, 6.45) is 1.02. The first-order chi connectivity index (χ1) is 6.58. The fourth-order valence-corrected chi connectivity index (χ4v) is 9.80. The molecule has 0 radical (unpaired) electrons. The summed E-state index contributed by atoms with van der Waals surface area (Å²) in [5, 5.41) is 1.26. The second kappa shape index (κ2) is 8.51. The highest BCUT2D eigenvalue weighted by molar-refractivity contribution is 9.09. The Morgan fingerprint density at radius 2 is 2.14 bits per heavy atom. The van der Waals surface area contributed by atoms with Gasteiger partial charge in [0.25, 0.3) is 0 Å². The van der Waals surface area contributed by atoms with Crippen molar-refractivity contribution in [3.05, 3.63) is 0 Å². The minimum atomic E-state index is -2.51. The van der Waals surface area contributed by atoms with Crippen LogP contribution in [0.3, 0.4) is 0 Å². The van der Waals surface area contributed by atoms with Crippen LogP contribution in [0, 0.1) is 0 Å². The van der Waals surface area contributed by atoms with Crippen LogP contribution >= 0.6 is 44.5 Å². The van der Waals surface area contributed by atoms with Crippen LogP contribution in [-0.4, -0.2) is 22.9 Å². The van der Waals surface area contributed by atoms with Gasteiger partial charge in [-0.3, -0.25) is 4.57 Å². The van der Waals surface area contributed by atoms with Crippen molar-refractivity contribution < 1.29 is 9.09 Å². The lowest BCUT2D eigenvalue weighted by Crippen LogP contribution is -1.94. The van der Waals surface area contributed by atoms with Crippen LogP contribution in [-0.2, 0) is 9.09 Å². The third-order valence-electron chi connectivity index (χ3n) is 1.50. The predicted octanol–water partition coefficient (Wildman–Crippen LogP) is 4.79. The average Bonchev–Trinajstić information content (AvgIpc) is 2.15. The summed E-state index contributed by atoms with van der Waals surface area (Å²) in [4.78, 5) is 0. The molecule has 0 heterocycles. The van der Waals surface area contributed by atoms with Crippen LogP contribution in [0.1, 0.15) is 27.2 Å². The lowest BCUT2D eigenvalue weighted by Gasteiger charge is -2.18. The second-order valence-electron chi connectivity index (χ2n) is 2.71. The average molecular weight is 321 g/mol. The molecule has 0 fully saturated rings. The van der Waals surface area contributed by atoms with E-state index < -0.39 is 5.77 Å². The lowest BCUT2D eigenvalue weighted by atomic mass is 10.4. The molecule has 2 nitrogen and oxygen atoms in total. The summed E-state index contributed by atoms with van der Waals surface area (Å²) in [6, 6.07) is 0. The Morgan fingerprint density at radius 3 is 2.57 bits per heavy atom. The van der Waals surface area contributed by atoms with Crippen LogP contribution in [0.2, 0.25) is 0 Å². The van der Waals surface area contributed by atoms with E-state index in [0.717, 1.165) is 17.5 Å². The molecule has 0 aromatic carbocycles. The zero-order valence-corrected chi connectivity index (χ0v) is 13.0. The molecular formula is C8H18BrO2PS2. The minimum Gasteiger partial charge on any atom is -0.314 e. The quantitative estimate of drug-likeness (QED) is 0.474. The maximum absolute atomic E-state index is 12.2. The van der Waals surface area contributed by atoms with Crippen LogP contribution < -0.4 is 0 Å². The first-order valence-corrected chi connectivity index (χ1v) is 10.5. The van der Waals surface area contributed by atoms with Crippen molar-refractivity contribution in [2.75, 3.05) is 17.7 Å². The highest BCUT2D eigenvalue weighted by atomic mass is 79.9. The van der Waals surface area contributed by atoms with Crippen LogP contribution in [0.15, 0.2) is 0 Å². The van der Waals surface area contributed by atoms with E-state index in [-0.39, 0.29) is 0 Å². The summed E-state index contributed by atoms with van der Waals surface area (Å²) >= 11 is 6.26. The molecule has 2 unspecified atom stereocenters. The molecule has 0 saturated heterocycles. The number of alkyl halides is 1. The highest BCUT2D eigenvalue weighted by Crippen LogP contribution is 2.71. The third kappa shape index (κ3) is 6.78. The summed E-state index contributed by atoms with van der Waals surface area (Å²) in [5.74, 6) is -1.67. The van der Waals surface area contributed by atoms with E-state index >= 15 is 0 Å². The first-order valence-electron chi connectivity index (χ1n) is 4.71. The van der Waals surface area contributed by atoms with E-state index in [1.807, 2.05) is 6.92 Å². The van der Waals surface area contributed by atoms with E-state index in [2.05, 4.69) is 29.8 Å². The summed E-state index contributed by atoms with van der Waals surface area (Å²) < 4.78 is 17.6. The molecule has 86 valence electrons. The van der Waals surface area contributed by atoms with Gasteiger partial charge in [-0.1, -0.05) is 52.5 Å². The Morgan fingerprint density at radius 1 is 1.50 bits per heavy atom. The Hall–Kier alpha value is 1.37. The molecule has 0 N–H and O–H groups in total. The molecule has 0 amide bonds. The van der Waals surface area contributed by atoms with E-state index in [9.17, 15) is 4.57 Å². The smallest absolute Gasteiger partial charge is 0.313 e. The summed E-state index contributed by atoms with van der Waals surface area (Å²) in [7, 11) is 0. The van der Waals surface area contributed by atoms with E-state index in [4.69, 9.17) is 4.52 Å². The zero-order chi connectivity index (χ0) is 11.0. The fourth-order valence-electron chi connectivity index (χ4n) is 0.697. The highest BCUT2D eigenvalue weighted by Gasteiger charge is 2.26. The van der Waals surface area contributed by atoms with Crippen molar-refractivity contribution in [1.82, 2.24) is 0 Å². The Kier molecular flexibility index (Phi) is 9.35. The molecule has 0 aliphatic heterocycles. The third-order valence-corrected chi connectivity index (χ3v) is 10.4. The monoisotopic (exact) mass is 320 g/mol. The van der Waals surface area contributed by atoms with Gasteiger partial charge in [-0.25, -0.2) is 0 Å². The van der Waals surface area contributed by atoms with Gasteiger partial charge in [-0.2, -0.15) is 0 Å². The van der Waals surface area contributed by atoms with Crippen molar-refractivity contribution >= 4 is 44.5 Å². The summed E-state index contributed by atoms with van der Waals surface area (Å²) in [5.41, 5.74) is 0. The molecular weight excluding hydrogens is 303 g/mol. The lowest BCUT2D eigenvalue weighted by molar-refractivity contribution is 0.357. The molecule has 14 heavy (non-hydrogen) atoms. The largest absolute Gasteiger partial charge is 0.314 e. The van der Waals surface area contributed by atoms with Gasteiger partial charge in [0, 0.05) is 16.3 Å². The second-order valence-corrected chi connectivity index (χ2v) is 11.3. The normalized spacial score (nSPS) is 17.7. The number of hydrogen-bond donors (Lipinski definition) is 0. The van der Waals surface area contributed by atoms with E-state index in [1.54, 1.807) is 0 Å². The van der Waals surface area contributed by atoms with Crippen molar-refractivity contribution in [3.63, 3.8) is 0 Å². The predicted molar refractivity (Wildman–Crippen MR) is 72.8 cm³/mol. The standard InChI is InChI=1S/C8H18BrO2PS2/c1-4-8(3)14-12(10,11-5-2)13-7-6-9/h8H,4-7H2,1-3H3. The molecule has 6 heteroatoms. The van der Waals surface area contributed by atoms with Crippen LogP contribution in [0.25, 0.3) is 0 Å². The number of rotatable bonds is 8. The van der Waals surface area contributed by atoms with Gasteiger partial charge in [-0.05, 0) is 13.3 Å². The van der Waals surface area contributed by atoms with Crippen LogP contribution in [0.5, 0.6) is 0 Å². The molecule has 0 spiro atoms. The van der Waals surface area contributed by atoms with E-state index in [1.165, 1.54) is 22.8 Å². The number of halogens is 1. The van der Waals surface area contributed by atoms with Gasteiger partial charge in [0.1, 0.15) is 0 Å².